The summed E-state index contributed by atoms with van der Waals surface area (Å²) in [5.74, 6) is -0.129. The minimum Gasteiger partial charge on any atom is -0.339 e. The zero-order valence-corrected chi connectivity index (χ0v) is 12.3. The number of likely N-dealkylation sites (tertiary alicyclic amines) is 1. The molecule has 3 heterocycles. The Labute approximate surface area is 128 Å². The fourth-order valence-corrected chi connectivity index (χ4v) is 3.14. The van der Waals surface area contributed by atoms with Gasteiger partial charge in [0.15, 0.2) is 0 Å². The number of nitrogens with one attached hydrogen (secondary N) is 1. The van der Waals surface area contributed by atoms with E-state index in [4.69, 9.17) is 0 Å². The molecular formula is C18H18FN3. The van der Waals surface area contributed by atoms with Gasteiger partial charge in [-0.2, -0.15) is 0 Å². The fraction of sp³-hybridized carbons (Fsp3) is 0.278. The second kappa shape index (κ2) is 5.54. The third-order valence-electron chi connectivity index (χ3n) is 4.35. The lowest BCUT2D eigenvalue weighted by molar-refractivity contribution is 0.325. The van der Waals surface area contributed by atoms with E-state index < -0.39 is 0 Å². The van der Waals surface area contributed by atoms with Gasteiger partial charge >= 0.3 is 0 Å². The summed E-state index contributed by atoms with van der Waals surface area (Å²) in [6, 6.07) is 11.4. The van der Waals surface area contributed by atoms with Crippen molar-refractivity contribution in [2.75, 3.05) is 13.1 Å². The Bertz CT molecular complexity index is 770. The van der Waals surface area contributed by atoms with Gasteiger partial charge in [0.2, 0.25) is 0 Å². The van der Waals surface area contributed by atoms with Crippen molar-refractivity contribution in [2.24, 2.45) is 0 Å². The Morgan fingerprint density at radius 1 is 1.14 bits per heavy atom. The van der Waals surface area contributed by atoms with Crippen LogP contribution in [0.1, 0.15) is 18.4 Å². The summed E-state index contributed by atoms with van der Waals surface area (Å²) in [5, 5.41) is 1.04. The van der Waals surface area contributed by atoms with Crippen LogP contribution in [0.5, 0.6) is 0 Å². The van der Waals surface area contributed by atoms with Gasteiger partial charge in [-0.1, -0.05) is 12.1 Å². The average Bonchev–Trinajstić information content (AvgIpc) is 3.18. The number of fused-ring (bicyclic) bond motifs is 1. The van der Waals surface area contributed by atoms with Crippen molar-refractivity contribution in [1.29, 1.82) is 0 Å². The number of aromatic nitrogens is 2. The first kappa shape index (κ1) is 13.5. The molecule has 0 aliphatic carbocycles. The molecule has 0 unspecified atom stereocenters. The van der Waals surface area contributed by atoms with Gasteiger partial charge in [0.1, 0.15) is 11.5 Å². The van der Waals surface area contributed by atoms with Crippen molar-refractivity contribution in [2.45, 2.75) is 19.4 Å². The molecule has 1 fully saturated rings. The van der Waals surface area contributed by atoms with Crippen molar-refractivity contribution >= 4 is 11.0 Å². The maximum atomic E-state index is 14.4. The van der Waals surface area contributed by atoms with Gasteiger partial charge < -0.3 is 4.98 Å². The normalized spacial score (nSPS) is 15.7. The first-order chi connectivity index (χ1) is 10.8. The van der Waals surface area contributed by atoms with Gasteiger partial charge in [0.25, 0.3) is 0 Å². The molecule has 4 rings (SSSR count). The van der Waals surface area contributed by atoms with Gasteiger partial charge in [0, 0.05) is 34.9 Å². The maximum absolute atomic E-state index is 14.4. The van der Waals surface area contributed by atoms with Crippen LogP contribution in [-0.4, -0.2) is 28.0 Å². The van der Waals surface area contributed by atoms with Crippen LogP contribution in [0.25, 0.3) is 22.3 Å². The van der Waals surface area contributed by atoms with Crippen molar-refractivity contribution in [1.82, 2.24) is 14.9 Å². The van der Waals surface area contributed by atoms with E-state index >= 15 is 0 Å². The smallest absolute Gasteiger partial charge is 0.137 e. The topological polar surface area (TPSA) is 31.9 Å². The molecule has 4 heteroatoms. The van der Waals surface area contributed by atoms with Crippen LogP contribution < -0.4 is 0 Å². The second-order valence-corrected chi connectivity index (χ2v) is 5.91. The molecule has 2 aromatic heterocycles. The molecule has 3 nitrogen and oxygen atoms in total. The van der Waals surface area contributed by atoms with E-state index in [1.54, 1.807) is 12.3 Å². The summed E-state index contributed by atoms with van der Waals surface area (Å²) in [6.07, 6.45) is 4.20. The standard InChI is InChI=1S/C18H18FN3/c19-16-10-13(5-6-15(16)12-22-8-1-2-9-22)17-11-14-4-3-7-20-18(14)21-17/h3-7,10-11H,1-2,8-9,12H2,(H,20,21). The van der Waals surface area contributed by atoms with Crippen LogP contribution in [0.3, 0.4) is 0 Å². The molecule has 1 N–H and O–H groups in total. The molecule has 1 aromatic carbocycles. The molecule has 1 aliphatic heterocycles. The highest BCUT2D eigenvalue weighted by Gasteiger charge is 2.14. The molecule has 0 amide bonds. The number of nitrogens with zero attached hydrogens (tertiary/aromatic N) is 2. The molecular weight excluding hydrogens is 277 g/mol. The Morgan fingerprint density at radius 2 is 2.00 bits per heavy atom. The Hall–Kier alpha value is -2.20. The van der Waals surface area contributed by atoms with E-state index in [1.165, 1.54) is 12.8 Å². The minimum absolute atomic E-state index is 0.129. The molecule has 1 saturated heterocycles. The lowest BCUT2D eigenvalue weighted by Crippen LogP contribution is -2.19. The van der Waals surface area contributed by atoms with Crippen LogP contribution in [-0.2, 0) is 6.54 Å². The zero-order valence-electron chi connectivity index (χ0n) is 12.3. The van der Waals surface area contributed by atoms with Gasteiger partial charge in [-0.05, 0) is 50.2 Å². The van der Waals surface area contributed by atoms with Crippen LogP contribution in [0, 0.1) is 5.82 Å². The third-order valence-corrected chi connectivity index (χ3v) is 4.35. The van der Waals surface area contributed by atoms with Crippen molar-refractivity contribution in [3.05, 3.63) is 54.0 Å². The van der Waals surface area contributed by atoms with Crippen LogP contribution in [0.4, 0.5) is 4.39 Å². The third kappa shape index (κ3) is 2.50. The summed E-state index contributed by atoms with van der Waals surface area (Å²) >= 11 is 0. The number of benzene rings is 1. The highest BCUT2D eigenvalue weighted by atomic mass is 19.1. The molecule has 0 atom stereocenters. The zero-order chi connectivity index (χ0) is 14.9. The van der Waals surface area contributed by atoms with E-state index in [-0.39, 0.29) is 5.82 Å². The predicted octanol–water partition coefficient (Wildman–Crippen LogP) is 3.96. The van der Waals surface area contributed by atoms with Crippen molar-refractivity contribution < 1.29 is 4.39 Å². The quantitative estimate of drug-likeness (QED) is 0.793. The summed E-state index contributed by atoms with van der Waals surface area (Å²) in [5.41, 5.74) is 3.37. The van der Waals surface area contributed by atoms with E-state index in [1.807, 2.05) is 30.3 Å². The molecule has 0 radical (unpaired) electrons. The molecule has 0 saturated carbocycles. The maximum Gasteiger partial charge on any atom is 0.137 e. The summed E-state index contributed by atoms with van der Waals surface area (Å²) in [6.45, 7) is 2.87. The largest absolute Gasteiger partial charge is 0.339 e. The Kier molecular flexibility index (Phi) is 3.39. The van der Waals surface area contributed by atoms with Crippen LogP contribution >= 0.6 is 0 Å². The van der Waals surface area contributed by atoms with E-state index in [9.17, 15) is 4.39 Å². The molecule has 0 spiro atoms. The van der Waals surface area contributed by atoms with Crippen molar-refractivity contribution in [3.63, 3.8) is 0 Å². The number of hydrogen-bond donors (Lipinski definition) is 1. The van der Waals surface area contributed by atoms with Crippen molar-refractivity contribution in [3.8, 4) is 11.3 Å². The SMILES string of the molecule is Fc1cc(-c2cc3cccnc3[nH]2)ccc1CN1CCCC1. The molecule has 3 aromatic rings. The van der Waals surface area contributed by atoms with E-state index in [0.717, 1.165) is 40.9 Å². The summed E-state index contributed by atoms with van der Waals surface area (Å²) in [7, 11) is 0. The number of aromatic amines is 1. The second-order valence-electron chi connectivity index (χ2n) is 5.91. The highest BCUT2D eigenvalue weighted by Crippen LogP contribution is 2.25. The van der Waals surface area contributed by atoms with E-state index in [0.29, 0.717) is 6.54 Å². The molecule has 112 valence electrons. The minimum atomic E-state index is -0.129. The molecule has 0 bridgehead atoms. The lowest BCUT2D eigenvalue weighted by Gasteiger charge is -2.15. The molecule has 22 heavy (non-hydrogen) atoms. The number of rotatable bonds is 3. The average molecular weight is 295 g/mol. The van der Waals surface area contributed by atoms with E-state index in [2.05, 4.69) is 14.9 Å². The van der Waals surface area contributed by atoms with Crippen LogP contribution in [0.15, 0.2) is 42.6 Å². The predicted molar refractivity (Wildman–Crippen MR) is 86.0 cm³/mol. The van der Waals surface area contributed by atoms with Gasteiger partial charge in [-0.25, -0.2) is 9.37 Å². The first-order valence-electron chi connectivity index (χ1n) is 7.74. The number of hydrogen-bond acceptors (Lipinski definition) is 2. The van der Waals surface area contributed by atoms with Gasteiger partial charge in [-0.3, -0.25) is 4.90 Å². The Morgan fingerprint density at radius 3 is 2.77 bits per heavy atom. The number of halogens is 1. The van der Waals surface area contributed by atoms with Gasteiger partial charge in [0.05, 0.1) is 0 Å². The first-order valence-corrected chi connectivity index (χ1v) is 7.74. The lowest BCUT2D eigenvalue weighted by atomic mass is 10.1. The number of pyridine rings is 1. The highest BCUT2D eigenvalue weighted by molar-refractivity contribution is 5.82. The van der Waals surface area contributed by atoms with Crippen LogP contribution in [0.2, 0.25) is 0 Å². The summed E-state index contributed by atoms with van der Waals surface area (Å²) in [4.78, 5) is 9.83. The Balaban J connectivity index is 1.63. The van der Waals surface area contributed by atoms with Gasteiger partial charge in [-0.15, -0.1) is 0 Å². The fourth-order valence-electron chi connectivity index (χ4n) is 3.14. The molecule has 1 aliphatic rings. The number of H-pyrrole nitrogens is 1. The monoisotopic (exact) mass is 295 g/mol. The summed E-state index contributed by atoms with van der Waals surface area (Å²) < 4.78 is 14.4.